The van der Waals surface area contributed by atoms with Crippen LogP contribution in [-0.4, -0.2) is 20.9 Å². The molecule has 9 heteroatoms. The van der Waals surface area contributed by atoms with Gasteiger partial charge in [0.15, 0.2) is 5.69 Å². The maximum Gasteiger partial charge on any atom is 0.357 e. The normalized spacial score (nSPS) is 10.8. The average Bonchev–Trinajstić information content (AvgIpc) is 2.68. The summed E-state index contributed by atoms with van der Waals surface area (Å²) in [5.74, 6) is -1.40. The molecule has 6 nitrogen and oxygen atoms in total. The predicted octanol–water partition coefficient (Wildman–Crippen LogP) is 4.93. The molecular formula is C20H10Cl3N3O3. The van der Waals surface area contributed by atoms with Crippen molar-refractivity contribution >= 4 is 52.9 Å². The summed E-state index contributed by atoms with van der Waals surface area (Å²) >= 11 is 17.8. The Labute approximate surface area is 179 Å². The van der Waals surface area contributed by atoms with Crippen LogP contribution in [0.5, 0.6) is 0 Å². The molecule has 0 unspecified atom stereocenters. The summed E-state index contributed by atoms with van der Waals surface area (Å²) in [6.07, 6.45) is 2.80. The Bertz CT molecular complexity index is 1240. The van der Waals surface area contributed by atoms with Crippen LogP contribution >= 0.6 is 34.8 Å². The average molecular weight is 447 g/mol. The van der Waals surface area contributed by atoms with Gasteiger partial charge in [0.1, 0.15) is 11.6 Å². The van der Waals surface area contributed by atoms with Gasteiger partial charge in [-0.15, -0.1) is 0 Å². The van der Waals surface area contributed by atoms with Crippen LogP contribution in [0.15, 0.2) is 47.3 Å². The molecule has 0 aliphatic rings. The molecular weight excluding hydrogens is 437 g/mol. The van der Waals surface area contributed by atoms with Gasteiger partial charge in [-0.25, -0.2) is 4.79 Å². The van der Waals surface area contributed by atoms with Crippen molar-refractivity contribution in [2.75, 3.05) is 0 Å². The van der Waals surface area contributed by atoms with E-state index in [1.165, 1.54) is 42.5 Å². The van der Waals surface area contributed by atoms with E-state index in [-0.39, 0.29) is 16.8 Å². The van der Waals surface area contributed by atoms with Crippen LogP contribution < -0.4 is 5.56 Å². The molecule has 144 valence electrons. The molecule has 0 radical (unpaired) electrons. The second-order valence-corrected chi connectivity index (χ2v) is 7.03. The third-order valence-corrected chi connectivity index (χ3v) is 4.72. The number of nitrogens with zero attached hydrogens (tertiary/aromatic N) is 3. The third kappa shape index (κ3) is 4.33. The molecule has 0 saturated heterocycles. The number of carboxylic acids is 1. The van der Waals surface area contributed by atoms with E-state index in [0.717, 1.165) is 4.68 Å². The number of benzene rings is 2. The highest BCUT2D eigenvalue weighted by atomic mass is 35.5. The van der Waals surface area contributed by atoms with Gasteiger partial charge in [-0.05, 0) is 42.0 Å². The second kappa shape index (κ2) is 8.50. The van der Waals surface area contributed by atoms with E-state index in [2.05, 4.69) is 5.10 Å². The van der Waals surface area contributed by atoms with Gasteiger partial charge in [0, 0.05) is 20.6 Å². The lowest BCUT2D eigenvalue weighted by atomic mass is 10.1. The van der Waals surface area contributed by atoms with E-state index in [1.54, 1.807) is 18.2 Å². The molecule has 0 fully saturated rings. The number of carbonyl (C=O) groups is 1. The van der Waals surface area contributed by atoms with Gasteiger partial charge < -0.3 is 5.11 Å². The van der Waals surface area contributed by atoms with Crippen molar-refractivity contribution < 1.29 is 9.90 Å². The first-order valence-electron chi connectivity index (χ1n) is 8.01. The highest BCUT2D eigenvalue weighted by molar-refractivity contribution is 6.35. The molecule has 29 heavy (non-hydrogen) atoms. The van der Waals surface area contributed by atoms with E-state index in [1.807, 2.05) is 0 Å². The Morgan fingerprint density at radius 2 is 1.72 bits per heavy atom. The molecule has 2 aromatic carbocycles. The van der Waals surface area contributed by atoms with Gasteiger partial charge in [0.25, 0.3) is 5.56 Å². The van der Waals surface area contributed by atoms with E-state index < -0.39 is 17.2 Å². The summed E-state index contributed by atoms with van der Waals surface area (Å²) < 4.78 is 0.852. The van der Waals surface area contributed by atoms with Gasteiger partial charge in [-0.1, -0.05) is 53.0 Å². The molecule has 0 saturated carbocycles. The lowest BCUT2D eigenvalue weighted by molar-refractivity contribution is 0.0688. The molecule has 3 rings (SSSR count). The van der Waals surface area contributed by atoms with Crippen LogP contribution in [0.4, 0.5) is 0 Å². The molecule has 1 N–H and O–H groups in total. The van der Waals surface area contributed by atoms with E-state index >= 15 is 0 Å². The first-order valence-corrected chi connectivity index (χ1v) is 9.15. The highest BCUT2D eigenvalue weighted by Crippen LogP contribution is 2.24. The SMILES string of the molecule is N#Cc1c(/C=C\c2ccc(Cl)cc2Cl)c(C(=O)O)nn(-c2ccc(Cl)cc2)c1=O. The molecule has 0 spiro atoms. The topological polar surface area (TPSA) is 96.0 Å². The van der Waals surface area contributed by atoms with Gasteiger partial charge in [0.2, 0.25) is 0 Å². The third-order valence-electron chi connectivity index (χ3n) is 3.91. The molecule has 1 heterocycles. The second-order valence-electron chi connectivity index (χ2n) is 5.75. The van der Waals surface area contributed by atoms with Gasteiger partial charge >= 0.3 is 5.97 Å². The van der Waals surface area contributed by atoms with Crippen molar-refractivity contribution in [3.8, 4) is 11.8 Å². The van der Waals surface area contributed by atoms with Crippen LogP contribution in [0, 0.1) is 11.3 Å². The molecule has 0 aliphatic carbocycles. The zero-order valence-electron chi connectivity index (χ0n) is 14.4. The molecule has 1 aromatic heterocycles. The monoisotopic (exact) mass is 445 g/mol. The number of hydrogen-bond donors (Lipinski definition) is 1. The summed E-state index contributed by atoms with van der Waals surface area (Å²) in [5.41, 5.74) is -0.915. The van der Waals surface area contributed by atoms with Crippen molar-refractivity contribution in [1.29, 1.82) is 5.26 Å². The van der Waals surface area contributed by atoms with Crippen molar-refractivity contribution in [3.05, 3.63) is 90.3 Å². The van der Waals surface area contributed by atoms with E-state index in [0.29, 0.717) is 20.6 Å². The first kappa shape index (κ1) is 20.6. The number of hydrogen-bond acceptors (Lipinski definition) is 4. The Hall–Kier alpha value is -3.11. The molecule has 0 aliphatic heterocycles. The van der Waals surface area contributed by atoms with Gasteiger partial charge in [-0.2, -0.15) is 15.0 Å². The minimum atomic E-state index is -1.40. The quantitative estimate of drug-likeness (QED) is 0.613. The summed E-state index contributed by atoms with van der Waals surface area (Å²) in [6, 6.07) is 12.5. The Morgan fingerprint density at radius 1 is 1.07 bits per heavy atom. The Morgan fingerprint density at radius 3 is 2.31 bits per heavy atom. The van der Waals surface area contributed by atoms with Crippen molar-refractivity contribution in [2.45, 2.75) is 0 Å². The Balaban J connectivity index is 2.21. The number of aromatic carboxylic acids is 1. The number of nitriles is 1. The number of carboxylic acid groups (broad SMARTS) is 1. The first-order chi connectivity index (χ1) is 13.8. The van der Waals surface area contributed by atoms with E-state index in [9.17, 15) is 20.0 Å². The fourth-order valence-corrected chi connectivity index (χ4v) is 3.13. The van der Waals surface area contributed by atoms with Crippen LogP contribution in [0.2, 0.25) is 15.1 Å². The predicted molar refractivity (Wildman–Crippen MR) is 112 cm³/mol. The number of aromatic nitrogens is 2. The minimum Gasteiger partial charge on any atom is -0.476 e. The Kier molecular flexibility index (Phi) is 6.04. The molecule has 0 bridgehead atoms. The molecule has 3 aromatic rings. The maximum atomic E-state index is 12.8. The largest absolute Gasteiger partial charge is 0.476 e. The van der Waals surface area contributed by atoms with Gasteiger partial charge in [0.05, 0.1) is 5.69 Å². The van der Waals surface area contributed by atoms with Crippen LogP contribution in [0.25, 0.3) is 17.8 Å². The molecule has 0 amide bonds. The zero-order valence-corrected chi connectivity index (χ0v) is 16.7. The van der Waals surface area contributed by atoms with Crippen molar-refractivity contribution in [1.82, 2.24) is 9.78 Å². The lowest BCUT2D eigenvalue weighted by Crippen LogP contribution is -2.28. The summed E-state index contributed by atoms with van der Waals surface area (Å²) in [7, 11) is 0. The fraction of sp³-hybridized carbons (Fsp3) is 0. The highest BCUT2D eigenvalue weighted by Gasteiger charge is 2.21. The standard InChI is InChI=1S/C20H10Cl3N3O3/c21-12-4-6-14(7-5-12)26-19(27)16(10-24)15(18(25-26)20(28)29)8-2-11-1-3-13(22)9-17(11)23/h1-9H,(H,28,29)/b8-2-. The van der Waals surface area contributed by atoms with Crippen LogP contribution in [0.3, 0.4) is 0 Å². The summed E-state index contributed by atoms with van der Waals surface area (Å²) in [5, 5.41) is 24.2. The smallest absolute Gasteiger partial charge is 0.357 e. The fourth-order valence-electron chi connectivity index (χ4n) is 2.53. The van der Waals surface area contributed by atoms with Crippen molar-refractivity contribution in [2.24, 2.45) is 0 Å². The van der Waals surface area contributed by atoms with Crippen molar-refractivity contribution in [3.63, 3.8) is 0 Å². The van der Waals surface area contributed by atoms with E-state index in [4.69, 9.17) is 34.8 Å². The summed E-state index contributed by atoms with van der Waals surface area (Å²) in [6.45, 7) is 0. The zero-order chi connectivity index (χ0) is 21.1. The summed E-state index contributed by atoms with van der Waals surface area (Å²) in [4.78, 5) is 24.6. The lowest BCUT2D eigenvalue weighted by Gasteiger charge is -2.10. The molecule has 0 atom stereocenters. The van der Waals surface area contributed by atoms with Crippen LogP contribution in [0.1, 0.15) is 27.2 Å². The minimum absolute atomic E-state index is 0.124. The maximum absolute atomic E-state index is 12.8. The van der Waals surface area contributed by atoms with Crippen LogP contribution in [-0.2, 0) is 0 Å². The van der Waals surface area contributed by atoms with Gasteiger partial charge in [-0.3, -0.25) is 4.79 Å². The number of halogens is 3. The number of rotatable bonds is 4.